The third kappa shape index (κ3) is 16.4. The van der Waals surface area contributed by atoms with Crippen molar-refractivity contribution in [1.82, 2.24) is 26.6 Å². The fourth-order valence-electron chi connectivity index (χ4n) is 8.31. The highest BCUT2D eigenvalue weighted by Crippen LogP contribution is 2.34. The number of benzene rings is 3. The predicted molar refractivity (Wildman–Crippen MR) is 244 cm³/mol. The van der Waals surface area contributed by atoms with Crippen LogP contribution < -0.4 is 26.6 Å². The van der Waals surface area contributed by atoms with E-state index in [9.17, 15) is 67.1 Å². The second kappa shape index (κ2) is 27.3. The molecule has 5 amide bonds. The summed E-state index contributed by atoms with van der Waals surface area (Å²) in [4.78, 5) is 64.9. The summed E-state index contributed by atoms with van der Waals surface area (Å²) >= 11 is 0. The summed E-state index contributed by atoms with van der Waals surface area (Å²) in [6, 6.07) is 19.3. The minimum Gasteiger partial charge on any atom is -0.445 e. The average Bonchev–Trinajstić information content (AvgIpc) is 3.39. The van der Waals surface area contributed by atoms with Crippen LogP contribution in [-0.2, 0) is 62.6 Å². The van der Waals surface area contributed by atoms with Crippen LogP contribution in [0.25, 0.3) is 0 Å². The normalized spacial score (nSPS) is 28.4. The average molecular weight is 1050 g/mol. The maximum Gasteiger partial charge on any atom is 0.471 e. The van der Waals surface area contributed by atoms with Gasteiger partial charge in [0.15, 0.2) is 12.6 Å². The number of rotatable bonds is 20. The Labute approximate surface area is 420 Å². The molecule has 2 heterocycles. The number of ether oxygens (including phenoxy) is 7. The molecule has 22 nitrogen and oxygen atoms in total. The Morgan fingerprint density at radius 1 is 0.635 bits per heavy atom. The number of carbonyl (C=O) groups excluding carboxylic acids is 5. The summed E-state index contributed by atoms with van der Waals surface area (Å²) in [5.74, 6) is -3.76. The van der Waals surface area contributed by atoms with Crippen molar-refractivity contribution in [2.24, 2.45) is 0 Å². The first kappa shape index (κ1) is 57.1. The van der Waals surface area contributed by atoms with Gasteiger partial charge in [-0.3, -0.25) is 9.59 Å². The van der Waals surface area contributed by atoms with Gasteiger partial charge in [0, 0.05) is 6.54 Å². The zero-order chi connectivity index (χ0) is 53.4. The van der Waals surface area contributed by atoms with Gasteiger partial charge in [-0.25, -0.2) is 18.8 Å². The SMILES string of the molecule is O=C(NCC[C@H](O)C(=O)N[C@@H]1C[C@H](NC(=O)OCc2ccccc2)[C@@H](O[C@H]2O[C@H](CF)CC[C@H]2NC(=O)OCc2ccccc2)[C@H](O)[C@H]1O[C@H]1O[C@H](CO)[C@@H](O)[C@H](NC(=O)C(F)(F)F)[C@H]1O)OCc1ccccc1. The lowest BCUT2D eigenvalue weighted by Gasteiger charge is -2.49. The fraction of sp³-hybridized carbons (Fsp3) is 0.521. The molecule has 0 spiro atoms. The van der Waals surface area contributed by atoms with Gasteiger partial charge in [0.05, 0.1) is 36.9 Å². The Kier molecular flexibility index (Phi) is 21.1. The van der Waals surface area contributed by atoms with Crippen molar-refractivity contribution in [3.63, 3.8) is 0 Å². The van der Waals surface area contributed by atoms with Gasteiger partial charge >= 0.3 is 30.4 Å². The van der Waals surface area contributed by atoms with Crippen molar-refractivity contribution < 1.29 is 100 Å². The van der Waals surface area contributed by atoms with Gasteiger partial charge < -0.3 is 85.3 Å². The van der Waals surface area contributed by atoms with Gasteiger partial charge in [0.25, 0.3) is 0 Å². The Morgan fingerprint density at radius 3 is 1.65 bits per heavy atom. The van der Waals surface area contributed by atoms with Crippen LogP contribution in [0.2, 0.25) is 0 Å². The molecule has 3 aliphatic rings. The number of halogens is 4. The lowest BCUT2D eigenvalue weighted by atomic mass is 9.83. The molecule has 3 aromatic rings. The molecular formula is C48H59F4N5O17. The lowest BCUT2D eigenvalue weighted by Crippen LogP contribution is -2.70. The molecule has 1 saturated carbocycles. The summed E-state index contributed by atoms with van der Waals surface area (Å²) in [5.41, 5.74) is 1.89. The van der Waals surface area contributed by atoms with E-state index in [0.29, 0.717) is 16.7 Å². The van der Waals surface area contributed by atoms with E-state index < -0.39 is 148 Å². The van der Waals surface area contributed by atoms with Gasteiger partial charge in [-0.1, -0.05) is 91.0 Å². The van der Waals surface area contributed by atoms with Gasteiger partial charge in [0.2, 0.25) is 5.91 Å². The number of hydrogen-bond donors (Lipinski definition) is 10. The van der Waals surface area contributed by atoms with Crippen LogP contribution in [-0.4, -0.2) is 167 Å². The first-order chi connectivity index (χ1) is 35.4. The van der Waals surface area contributed by atoms with Gasteiger partial charge in [-0.05, 0) is 42.4 Å². The number of amides is 5. The number of alkyl carbamates (subject to hydrolysis) is 3. The van der Waals surface area contributed by atoms with E-state index in [1.165, 1.54) is 5.32 Å². The van der Waals surface area contributed by atoms with E-state index in [0.717, 1.165) is 0 Å². The van der Waals surface area contributed by atoms with E-state index >= 15 is 0 Å². The minimum atomic E-state index is -5.51. The molecule has 0 bridgehead atoms. The van der Waals surface area contributed by atoms with E-state index in [1.807, 2.05) is 0 Å². The molecule has 0 aromatic heterocycles. The van der Waals surface area contributed by atoms with Crippen LogP contribution in [0.15, 0.2) is 91.0 Å². The maximum absolute atomic E-state index is 14.3. The molecule has 74 heavy (non-hydrogen) atoms. The molecule has 3 fully saturated rings. The lowest BCUT2D eigenvalue weighted by molar-refractivity contribution is -0.317. The topological polar surface area (TPSA) is 311 Å². The molecule has 26 heteroatoms. The highest BCUT2D eigenvalue weighted by Gasteiger charge is 2.54. The molecule has 3 aromatic carbocycles. The zero-order valence-corrected chi connectivity index (χ0v) is 39.5. The smallest absolute Gasteiger partial charge is 0.445 e. The molecule has 14 atom stereocenters. The number of alkyl halides is 4. The van der Waals surface area contributed by atoms with Crippen molar-refractivity contribution in [1.29, 1.82) is 0 Å². The highest BCUT2D eigenvalue weighted by atomic mass is 19.4. The second-order valence-electron chi connectivity index (χ2n) is 17.5. The molecule has 1 aliphatic carbocycles. The zero-order valence-electron chi connectivity index (χ0n) is 39.5. The molecular weight excluding hydrogens is 995 g/mol. The summed E-state index contributed by atoms with van der Waals surface area (Å²) < 4.78 is 94.4. The Balaban J connectivity index is 1.28. The molecule has 10 N–H and O–H groups in total. The van der Waals surface area contributed by atoms with Crippen LogP contribution in [0.5, 0.6) is 0 Å². The van der Waals surface area contributed by atoms with E-state index in [1.54, 1.807) is 91.0 Å². The Bertz CT molecular complexity index is 2260. The van der Waals surface area contributed by atoms with Gasteiger partial charge in [0.1, 0.15) is 69.2 Å². The van der Waals surface area contributed by atoms with E-state index in [-0.39, 0.29) is 39.2 Å². The third-order valence-corrected chi connectivity index (χ3v) is 12.2. The fourth-order valence-corrected chi connectivity index (χ4v) is 8.31. The number of aliphatic hydroxyl groups excluding tert-OH is 5. The standard InChI is InChI=1S/C48H59F4N5O17/c49-21-29-16-17-30(55-46(66)69-24-27-12-6-2-7-13-27)42(71-29)73-40-32(56-47(67)70-25-28-14-8-3-9-15-28)20-31(54-41(63)33(59)18-19-53-45(65)68-23-26-10-4-1-5-11-26)39(38(40)62)74-43-37(61)35(36(60)34(22-58)72-43)57-44(64)48(50,51)52/h1-15,29-40,42-43,58-62H,16-25H2,(H,53,65)(H,54,63)(H,55,66)(H,56,67)(H,57,64)/t29-,30+,31+,32-,33-,34+,35-,36+,37+,38+,39-,40+,42+,43+/m0/s1. The largest absolute Gasteiger partial charge is 0.471 e. The first-order valence-corrected chi connectivity index (χ1v) is 23.5. The molecule has 2 saturated heterocycles. The monoisotopic (exact) mass is 1050 g/mol. The summed E-state index contributed by atoms with van der Waals surface area (Å²) in [5, 5.41) is 67.1. The number of carbonyl (C=O) groups is 5. The van der Waals surface area contributed by atoms with Crippen LogP contribution in [0.3, 0.4) is 0 Å². The van der Waals surface area contributed by atoms with Crippen molar-refractivity contribution in [3.05, 3.63) is 108 Å². The van der Waals surface area contributed by atoms with Crippen LogP contribution in [0.4, 0.5) is 31.9 Å². The summed E-state index contributed by atoms with van der Waals surface area (Å²) in [6.45, 7) is -2.95. The minimum absolute atomic E-state index is 0.0217. The quantitative estimate of drug-likeness (QED) is 0.0562. The first-order valence-electron chi connectivity index (χ1n) is 23.5. The Hall–Kier alpha value is -6.23. The number of hydrogen-bond acceptors (Lipinski definition) is 17. The number of nitrogens with one attached hydrogen (secondary N) is 5. The number of aliphatic hydroxyl groups is 5. The molecule has 406 valence electrons. The molecule has 2 aliphatic heterocycles. The van der Waals surface area contributed by atoms with Crippen LogP contribution in [0.1, 0.15) is 42.4 Å². The second-order valence-corrected chi connectivity index (χ2v) is 17.5. The van der Waals surface area contributed by atoms with Gasteiger partial charge in [-0.15, -0.1) is 0 Å². The van der Waals surface area contributed by atoms with Gasteiger partial charge in [-0.2, -0.15) is 13.2 Å². The Morgan fingerprint density at radius 2 is 1.14 bits per heavy atom. The van der Waals surface area contributed by atoms with Crippen LogP contribution in [0, 0.1) is 0 Å². The van der Waals surface area contributed by atoms with E-state index in [2.05, 4.69) is 21.3 Å². The van der Waals surface area contributed by atoms with Crippen molar-refractivity contribution in [3.8, 4) is 0 Å². The van der Waals surface area contributed by atoms with Crippen LogP contribution >= 0.6 is 0 Å². The van der Waals surface area contributed by atoms with Crippen molar-refractivity contribution in [2.75, 3.05) is 19.8 Å². The van der Waals surface area contributed by atoms with Crippen molar-refractivity contribution in [2.45, 2.75) is 137 Å². The summed E-state index contributed by atoms with van der Waals surface area (Å²) in [6.07, 6.45) is -28.6. The molecule has 6 rings (SSSR count). The van der Waals surface area contributed by atoms with E-state index in [4.69, 9.17) is 33.2 Å². The summed E-state index contributed by atoms with van der Waals surface area (Å²) in [7, 11) is 0. The highest BCUT2D eigenvalue weighted by molar-refractivity contribution is 5.82. The maximum atomic E-state index is 14.3. The third-order valence-electron chi connectivity index (χ3n) is 12.2. The molecule has 0 unspecified atom stereocenters. The van der Waals surface area contributed by atoms with Crippen molar-refractivity contribution >= 4 is 30.1 Å². The molecule has 0 radical (unpaired) electrons. The predicted octanol–water partition coefficient (Wildman–Crippen LogP) is 1.23.